The molecule has 1 atom stereocenters. The molecule has 1 unspecified atom stereocenters. The van der Waals surface area contributed by atoms with Crippen molar-refractivity contribution in [3.05, 3.63) is 23.3 Å². The van der Waals surface area contributed by atoms with E-state index in [9.17, 15) is 0 Å². The molecule has 0 radical (unpaired) electrons. The SMILES string of the molecule is CCNCc1cc(C)nc(C2CCCO2)n1. The third kappa shape index (κ3) is 2.77. The van der Waals surface area contributed by atoms with Crippen molar-refractivity contribution in [1.29, 1.82) is 0 Å². The van der Waals surface area contributed by atoms with Crippen LogP contribution < -0.4 is 5.32 Å². The highest BCUT2D eigenvalue weighted by molar-refractivity contribution is 5.11. The molecule has 1 fully saturated rings. The largest absolute Gasteiger partial charge is 0.370 e. The zero-order valence-electron chi connectivity index (χ0n) is 9.99. The molecule has 1 aromatic rings. The van der Waals surface area contributed by atoms with Crippen molar-refractivity contribution in [3.8, 4) is 0 Å². The first-order valence-corrected chi connectivity index (χ1v) is 5.96. The third-order valence-corrected chi connectivity index (χ3v) is 2.70. The summed E-state index contributed by atoms with van der Waals surface area (Å²) in [5, 5.41) is 3.28. The van der Waals surface area contributed by atoms with Gasteiger partial charge in [-0.05, 0) is 32.4 Å². The number of aromatic nitrogens is 2. The minimum atomic E-state index is 0.111. The van der Waals surface area contributed by atoms with Crippen molar-refractivity contribution in [1.82, 2.24) is 15.3 Å². The number of hydrogen-bond acceptors (Lipinski definition) is 4. The maximum Gasteiger partial charge on any atom is 0.157 e. The molecule has 2 rings (SSSR count). The van der Waals surface area contributed by atoms with E-state index in [0.29, 0.717) is 0 Å². The lowest BCUT2D eigenvalue weighted by molar-refractivity contribution is 0.104. The van der Waals surface area contributed by atoms with E-state index >= 15 is 0 Å². The molecule has 1 aromatic heterocycles. The molecule has 1 saturated heterocycles. The van der Waals surface area contributed by atoms with Crippen molar-refractivity contribution in [2.75, 3.05) is 13.2 Å². The minimum absolute atomic E-state index is 0.111. The third-order valence-electron chi connectivity index (χ3n) is 2.70. The molecule has 88 valence electrons. The van der Waals surface area contributed by atoms with Gasteiger partial charge in [-0.25, -0.2) is 9.97 Å². The molecular weight excluding hydrogens is 202 g/mol. The van der Waals surface area contributed by atoms with E-state index in [1.165, 1.54) is 0 Å². The Hall–Kier alpha value is -1.00. The predicted molar refractivity (Wildman–Crippen MR) is 62.1 cm³/mol. The second-order valence-electron chi connectivity index (χ2n) is 4.14. The van der Waals surface area contributed by atoms with Crippen molar-refractivity contribution in [2.45, 2.75) is 39.3 Å². The van der Waals surface area contributed by atoms with Gasteiger partial charge in [0.15, 0.2) is 5.82 Å². The Morgan fingerprint density at radius 2 is 2.38 bits per heavy atom. The molecule has 0 aromatic carbocycles. The van der Waals surface area contributed by atoms with Crippen LogP contribution in [0.4, 0.5) is 0 Å². The molecule has 1 N–H and O–H groups in total. The summed E-state index contributed by atoms with van der Waals surface area (Å²) in [6.07, 6.45) is 2.27. The monoisotopic (exact) mass is 221 g/mol. The van der Waals surface area contributed by atoms with Gasteiger partial charge in [0.1, 0.15) is 6.10 Å². The second kappa shape index (κ2) is 5.37. The first-order chi connectivity index (χ1) is 7.79. The van der Waals surface area contributed by atoms with Gasteiger partial charge in [-0.1, -0.05) is 6.92 Å². The standard InChI is InChI=1S/C12H19N3O/c1-3-13-8-10-7-9(2)14-12(15-10)11-5-4-6-16-11/h7,11,13H,3-6,8H2,1-2H3. The van der Waals surface area contributed by atoms with Gasteiger partial charge in [0.2, 0.25) is 0 Å². The molecule has 0 bridgehead atoms. The zero-order valence-corrected chi connectivity index (χ0v) is 9.99. The number of nitrogens with one attached hydrogen (secondary N) is 1. The lowest BCUT2D eigenvalue weighted by atomic mass is 10.2. The maximum atomic E-state index is 5.61. The fraction of sp³-hybridized carbons (Fsp3) is 0.667. The van der Waals surface area contributed by atoms with Crippen molar-refractivity contribution in [2.24, 2.45) is 0 Å². The Morgan fingerprint density at radius 3 is 3.06 bits per heavy atom. The molecule has 0 spiro atoms. The van der Waals surface area contributed by atoms with E-state index in [1.807, 2.05) is 13.0 Å². The topological polar surface area (TPSA) is 47.0 Å². The summed E-state index contributed by atoms with van der Waals surface area (Å²) in [6.45, 7) is 6.70. The molecule has 0 amide bonds. The average molecular weight is 221 g/mol. The van der Waals surface area contributed by atoms with Gasteiger partial charge in [-0.2, -0.15) is 0 Å². The quantitative estimate of drug-likeness (QED) is 0.841. The molecule has 1 aliphatic heterocycles. The summed E-state index contributed by atoms with van der Waals surface area (Å²) < 4.78 is 5.61. The van der Waals surface area contributed by atoms with Crippen molar-refractivity contribution < 1.29 is 4.74 Å². The van der Waals surface area contributed by atoms with E-state index < -0.39 is 0 Å². The fourth-order valence-corrected chi connectivity index (χ4v) is 1.93. The molecular formula is C12H19N3O. The van der Waals surface area contributed by atoms with Crippen LogP contribution in [0.5, 0.6) is 0 Å². The summed E-state index contributed by atoms with van der Waals surface area (Å²) in [4.78, 5) is 9.01. The molecule has 4 heteroatoms. The van der Waals surface area contributed by atoms with Crippen LogP contribution in [-0.2, 0) is 11.3 Å². The molecule has 0 saturated carbocycles. The van der Waals surface area contributed by atoms with E-state index in [2.05, 4.69) is 22.2 Å². The lowest BCUT2D eigenvalue weighted by Gasteiger charge is -2.10. The normalized spacial score (nSPS) is 20.2. The molecule has 4 nitrogen and oxygen atoms in total. The van der Waals surface area contributed by atoms with Crippen LogP contribution in [-0.4, -0.2) is 23.1 Å². The van der Waals surface area contributed by atoms with Gasteiger partial charge < -0.3 is 10.1 Å². The zero-order chi connectivity index (χ0) is 11.4. The molecule has 1 aliphatic rings. The average Bonchev–Trinajstić information content (AvgIpc) is 2.79. The minimum Gasteiger partial charge on any atom is -0.370 e. The van der Waals surface area contributed by atoms with Gasteiger partial charge in [0.25, 0.3) is 0 Å². The van der Waals surface area contributed by atoms with Crippen LogP contribution in [0.15, 0.2) is 6.07 Å². The second-order valence-corrected chi connectivity index (χ2v) is 4.14. The predicted octanol–water partition coefficient (Wildman–Crippen LogP) is 1.75. The van der Waals surface area contributed by atoms with E-state index in [4.69, 9.17) is 4.74 Å². The fourth-order valence-electron chi connectivity index (χ4n) is 1.93. The van der Waals surface area contributed by atoms with Crippen molar-refractivity contribution >= 4 is 0 Å². The first-order valence-electron chi connectivity index (χ1n) is 5.96. The van der Waals surface area contributed by atoms with Crippen LogP contribution in [0.1, 0.15) is 43.1 Å². The Morgan fingerprint density at radius 1 is 1.50 bits per heavy atom. The summed E-state index contributed by atoms with van der Waals surface area (Å²) in [7, 11) is 0. The van der Waals surface area contributed by atoms with Crippen LogP contribution >= 0.6 is 0 Å². The van der Waals surface area contributed by atoms with Crippen molar-refractivity contribution in [3.63, 3.8) is 0 Å². The van der Waals surface area contributed by atoms with E-state index in [0.717, 1.165) is 49.8 Å². The number of nitrogens with zero attached hydrogens (tertiary/aromatic N) is 2. The first kappa shape index (κ1) is 11.5. The van der Waals surface area contributed by atoms with Gasteiger partial charge in [-0.15, -0.1) is 0 Å². The highest BCUT2D eigenvalue weighted by atomic mass is 16.5. The van der Waals surface area contributed by atoms with Gasteiger partial charge in [0, 0.05) is 18.8 Å². The van der Waals surface area contributed by atoms with Gasteiger partial charge >= 0.3 is 0 Å². The summed E-state index contributed by atoms with van der Waals surface area (Å²) >= 11 is 0. The molecule has 0 aliphatic carbocycles. The van der Waals surface area contributed by atoms with Crippen LogP contribution in [0.3, 0.4) is 0 Å². The van der Waals surface area contributed by atoms with Crippen LogP contribution in [0.25, 0.3) is 0 Å². The highest BCUT2D eigenvalue weighted by Gasteiger charge is 2.20. The number of rotatable bonds is 4. The number of hydrogen-bond donors (Lipinski definition) is 1. The van der Waals surface area contributed by atoms with Gasteiger partial charge in [-0.3, -0.25) is 0 Å². The van der Waals surface area contributed by atoms with E-state index in [1.54, 1.807) is 0 Å². The highest BCUT2D eigenvalue weighted by Crippen LogP contribution is 2.25. The summed E-state index contributed by atoms with van der Waals surface area (Å²) in [6, 6.07) is 2.03. The van der Waals surface area contributed by atoms with Crippen LogP contribution in [0.2, 0.25) is 0 Å². The summed E-state index contributed by atoms with van der Waals surface area (Å²) in [5.41, 5.74) is 2.08. The molecule has 2 heterocycles. The Bertz CT molecular complexity index is 348. The number of aryl methyl sites for hydroxylation is 1. The summed E-state index contributed by atoms with van der Waals surface area (Å²) in [5.74, 6) is 0.852. The maximum absolute atomic E-state index is 5.61. The Kier molecular flexibility index (Phi) is 3.85. The smallest absolute Gasteiger partial charge is 0.157 e. The lowest BCUT2D eigenvalue weighted by Crippen LogP contribution is -2.15. The van der Waals surface area contributed by atoms with Gasteiger partial charge in [0.05, 0.1) is 5.69 Å². The molecule has 16 heavy (non-hydrogen) atoms. The van der Waals surface area contributed by atoms with E-state index in [-0.39, 0.29) is 6.10 Å². The Balaban J connectivity index is 2.14. The Labute approximate surface area is 96.4 Å². The number of ether oxygens (including phenoxy) is 1. The van der Waals surface area contributed by atoms with Crippen LogP contribution in [0, 0.1) is 6.92 Å².